The Morgan fingerprint density at radius 2 is 1.78 bits per heavy atom. The van der Waals surface area contributed by atoms with Gasteiger partial charge in [-0.05, 0) is 54.6 Å². The lowest BCUT2D eigenvalue weighted by Gasteiger charge is -2.07. The quantitative estimate of drug-likeness (QED) is 0.418. The molecular formula is C22H16N6O3S. The Morgan fingerprint density at radius 1 is 0.938 bits per heavy atom. The van der Waals surface area contributed by atoms with E-state index in [2.05, 4.69) is 25.4 Å². The second-order valence-electron chi connectivity index (χ2n) is 6.95. The van der Waals surface area contributed by atoms with Crippen molar-refractivity contribution in [3.8, 4) is 22.6 Å². The van der Waals surface area contributed by atoms with Gasteiger partial charge in [0.15, 0.2) is 5.76 Å². The molecule has 10 heteroatoms. The Labute approximate surface area is 183 Å². The number of nitrogens with two attached hydrogens (primary N) is 1. The van der Waals surface area contributed by atoms with Gasteiger partial charge in [-0.2, -0.15) is 0 Å². The SMILES string of the molecule is NS(=O)(=O)c1ccc(Nc2nccc(-c3ccc4noc(-c5cccnc5)c4c3)n2)cc1. The number of pyridine rings is 1. The number of sulfonamides is 1. The average molecular weight is 444 g/mol. The van der Waals surface area contributed by atoms with Crippen molar-refractivity contribution in [3.63, 3.8) is 0 Å². The van der Waals surface area contributed by atoms with E-state index in [0.717, 1.165) is 22.0 Å². The lowest BCUT2D eigenvalue weighted by Crippen LogP contribution is -2.11. The highest BCUT2D eigenvalue weighted by molar-refractivity contribution is 7.89. The first-order valence-corrected chi connectivity index (χ1v) is 11.1. The number of anilines is 2. The van der Waals surface area contributed by atoms with E-state index in [1.165, 1.54) is 12.1 Å². The van der Waals surface area contributed by atoms with Crippen LogP contribution in [0.2, 0.25) is 0 Å². The Hall–Kier alpha value is -4.15. The summed E-state index contributed by atoms with van der Waals surface area (Å²) >= 11 is 0. The third-order valence-electron chi connectivity index (χ3n) is 4.79. The topological polar surface area (TPSA) is 137 Å². The van der Waals surface area contributed by atoms with E-state index in [9.17, 15) is 8.42 Å². The van der Waals surface area contributed by atoms with E-state index < -0.39 is 10.0 Å². The minimum Gasteiger partial charge on any atom is -0.355 e. The molecule has 0 fully saturated rings. The third-order valence-corrected chi connectivity index (χ3v) is 5.72. The van der Waals surface area contributed by atoms with Gasteiger partial charge in [-0.15, -0.1) is 0 Å². The van der Waals surface area contributed by atoms with Crippen molar-refractivity contribution in [1.29, 1.82) is 0 Å². The van der Waals surface area contributed by atoms with Crippen LogP contribution < -0.4 is 10.5 Å². The van der Waals surface area contributed by atoms with Gasteiger partial charge in [0.1, 0.15) is 5.52 Å². The number of aromatic nitrogens is 4. The predicted octanol–water partition coefficient (Wildman–Crippen LogP) is 3.74. The molecule has 5 aromatic rings. The van der Waals surface area contributed by atoms with E-state index in [0.29, 0.717) is 23.1 Å². The standard InChI is InChI=1S/C22H16N6O3S/c23-32(29,30)17-6-4-16(5-7-17)26-22-25-11-9-19(27-22)14-3-8-20-18(12-14)21(31-28-20)15-2-1-10-24-13-15/h1-13H,(H2,23,29,30)(H,25,26,27). The van der Waals surface area contributed by atoms with Crippen molar-refractivity contribution < 1.29 is 12.9 Å². The largest absolute Gasteiger partial charge is 0.355 e. The average Bonchev–Trinajstić information content (AvgIpc) is 3.23. The zero-order valence-electron chi connectivity index (χ0n) is 16.5. The highest BCUT2D eigenvalue weighted by Crippen LogP contribution is 2.31. The molecule has 2 aromatic carbocycles. The Kier molecular flexibility index (Phi) is 4.85. The number of rotatable bonds is 5. The molecule has 0 radical (unpaired) electrons. The van der Waals surface area contributed by atoms with E-state index in [-0.39, 0.29) is 4.90 Å². The van der Waals surface area contributed by atoms with Crippen molar-refractivity contribution >= 4 is 32.6 Å². The van der Waals surface area contributed by atoms with Gasteiger partial charge in [0, 0.05) is 35.4 Å². The third kappa shape index (κ3) is 3.92. The molecule has 0 atom stereocenters. The summed E-state index contributed by atoms with van der Waals surface area (Å²) < 4.78 is 28.4. The van der Waals surface area contributed by atoms with Gasteiger partial charge < -0.3 is 9.84 Å². The summed E-state index contributed by atoms with van der Waals surface area (Å²) in [5.41, 5.74) is 3.75. The van der Waals surface area contributed by atoms with Gasteiger partial charge >= 0.3 is 0 Å². The smallest absolute Gasteiger partial charge is 0.238 e. The van der Waals surface area contributed by atoms with Crippen LogP contribution >= 0.6 is 0 Å². The molecule has 32 heavy (non-hydrogen) atoms. The summed E-state index contributed by atoms with van der Waals surface area (Å²) in [5, 5.41) is 13.2. The van der Waals surface area contributed by atoms with Crippen molar-refractivity contribution in [2.24, 2.45) is 5.14 Å². The minimum atomic E-state index is -3.75. The zero-order valence-corrected chi connectivity index (χ0v) is 17.3. The molecule has 0 saturated carbocycles. The summed E-state index contributed by atoms with van der Waals surface area (Å²) in [6.45, 7) is 0. The molecule has 0 saturated heterocycles. The molecule has 5 rings (SSSR count). The molecule has 9 nitrogen and oxygen atoms in total. The van der Waals surface area contributed by atoms with Crippen LogP contribution in [0.1, 0.15) is 0 Å². The summed E-state index contributed by atoms with van der Waals surface area (Å²) in [5.74, 6) is 1.00. The fourth-order valence-corrected chi connectivity index (χ4v) is 3.76. The van der Waals surface area contributed by atoms with Gasteiger partial charge in [-0.1, -0.05) is 11.2 Å². The molecule has 0 aliphatic carbocycles. The lowest BCUT2D eigenvalue weighted by atomic mass is 10.1. The van der Waals surface area contributed by atoms with Crippen molar-refractivity contribution in [1.82, 2.24) is 20.1 Å². The lowest BCUT2D eigenvalue weighted by molar-refractivity contribution is 0.441. The van der Waals surface area contributed by atoms with Crippen LogP contribution in [-0.2, 0) is 10.0 Å². The van der Waals surface area contributed by atoms with Crippen LogP contribution in [0.15, 0.2) is 88.7 Å². The van der Waals surface area contributed by atoms with Crippen LogP contribution in [0.5, 0.6) is 0 Å². The van der Waals surface area contributed by atoms with E-state index in [1.54, 1.807) is 36.8 Å². The number of nitrogens with zero attached hydrogens (tertiary/aromatic N) is 4. The van der Waals surface area contributed by atoms with Crippen LogP contribution in [0.4, 0.5) is 11.6 Å². The second-order valence-corrected chi connectivity index (χ2v) is 8.51. The highest BCUT2D eigenvalue weighted by Gasteiger charge is 2.13. The molecule has 0 amide bonds. The predicted molar refractivity (Wildman–Crippen MR) is 119 cm³/mol. The van der Waals surface area contributed by atoms with Crippen molar-refractivity contribution in [2.45, 2.75) is 4.90 Å². The van der Waals surface area contributed by atoms with Gasteiger partial charge in [0.05, 0.1) is 16.0 Å². The van der Waals surface area contributed by atoms with Crippen molar-refractivity contribution in [3.05, 3.63) is 79.3 Å². The molecule has 0 spiro atoms. The number of benzene rings is 2. The fourth-order valence-electron chi connectivity index (χ4n) is 3.24. The maximum absolute atomic E-state index is 11.4. The zero-order chi connectivity index (χ0) is 22.1. The monoisotopic (exact) mass is 444 g/mol. The second kappa shape index (κ2) is 7.84. The molecule has 158 valence electrons. The Balaban J connectivity index is 1.46. The first-order chi connectivity index (χ1) is 15.5. The Bertz CT molecular complexity index is 1520. The van der Waals surface area contributed by atoms with Crippen LogP contribution in [0, 0.1) is 0 Å². The summed E-state index contributed by atoms with van der Waals surface area (Å²) in [6.07, 6.45) is 5.06. The molecule has 0 bridgehead atoms. The Morgan fingerprint density at radius 3 is 2.53 bits per heavy atom. The molecule has 0 aliphatic heterocycles. The fraction of sp³-hybridized carbons (Fsp3) is 0. The number of fused-ring (bicyclic) bond motifs is 1. The number of primary sulfonamides is 1. The van der Waals surface area contributed by atoms with Gasteiger partial charge in [-0.25, -0.2) is 23.5 Å². The number of hydrogen-bond donors (Lipinski definition) is 2. The molecular weight excluding hydrogens is 428 g/mol. The normalized spacial score (nSPS) is 11.5. The van der Waals surface area contributed by atoms with E-state index in [1.807, 2.05) is 30.3 Å². The number of hydrogen-bond acceptors (Lipinski definition) is 8. The van der Waals surface area contributed by atoms with Gasteiger partial charge in [-0.3, -0.25) is 4.98 Å². The van der Waals surface area contributed by atoms with Gasteiger partial charge in [0.2, 0.25) is 16.0 Å². The van der Waals surface area contributed by atoms with E-state index >= 15 is 0 Å². The highest BCUT2D eigenvalue weighted by atomic mass is 32.2. The molecule has 0 aliphatic rings. The molecule has 3 N–H and O–H groups in total. The van der Waals surface area contributed by atoms with Crippen LogP contribution in [0.3, 0.4) is 0 Å². The summed E-state index contributed by atoms with van der Waals surface area (Å²) in [7, 11) is -3.75. The molecule has 0 unspecified atom stereocenters. The maximum atomic E-state index is 11.4. The van der Waals surface area contributed by atoms with Gasteiger partial charge in [0.25, 0.3) is 0 Å². The minimum absolute atomic E-state index is 0.0316. The maximum Gasteiger partial charge on any atom is 0.238 e. The number of nitrogens with one attached hydrogen (secondary N) is 1. The van der Waals surface area contributed by atoms with Crippen LogP contribution in [0.25, 0.3) is 33.5 Å². The molecule has 3 heterocycles. The molecule has 3 aromatic heterocycles. The van der Waals surface area contributed by atoms with E-state index in [4.69, 9.17) is 9.66 Å². The summed E-state index contributed by atoms with van der Waals surface area (Å²) in [4.78, 5) is 13.0. The first-order valence-electron chi connectivity index (χ1n) is 9.50. The van der Waals surface area contributed by atoms with Crippen molar-refractivity contribution in [2.75, 3.05) is 5.32 Å². The van der Waals surface area contributed by atoms with Crippen LogP contribution in [-0.4, -0.2) is 28.5 Å². The first kappa shape index (κ1) is 19.8. The summed E-state index contributed by atoms with van der Waals surface area (Å²) in [6, 6.07) is 17.3.